The van der Waals surface area contributed by atoms with Gasteiger partial charge in [0.15, 0.2) is 8.32 Å². The Morgan fingerprint density at radius 2 is 1.19 bits per heavy atom. The largest absolute Gasteiger partial charge is 0.417 e. The average Bonchev–Trinajstić information content (AvgIpc) is 3.46. The van der Waals surface area contributed by atoms with E-state index in [4.69, 9.17) is 4.43 Å². The zero-order valence-electron chi connectivity index (χ0n) is 20.6. The summed E-state index contributed by atoms with van der Waals surface area (Å²) in [6.07, 6.45) is 27.6. The van der Waals surface area contributed by atoms with Gasteiger partial charge in [-0.2, -0.15) is 0 Å². The molecule has 0 aromatic carbocycles. The van der Waals surface area contributed by atoms with Crippen molar-refractivity contribution >= 4 is 8.32 Å². The van der Waals surface area contributed by atoms with Crippen molar-refractivity contribution in [3.8, 4) is 0 Å². The highest BCUT2D eigenvalue weighted by Crippen LogP contribution is 2.61. The van der Waals surface area contributed by atoms with E-state index in [1.54, 1.807) is 0 Å². The molecular weight excluding hydrogens is 392 g/mol. The highest BCUT2D eigenvalue weighted by atomic mass is 28.4. The average molecular weight is 439 g/mol. The van der Waals surface area contributed by atoms with E-state index in [2.05, 4.69) is 76.3 Å². The lowest BCUT2D eigenvalue weighted by Gasteiger charge is -2.49. The van der Waals surface area contributed by atoms with Crippen molar-refractivity contribution in [3.63, 3.8) is 0 Å². The first-order chi connectivity index (χ1) is 15.1. The van der Waals surface area contributed by atoms with E-state index < -0.39 is 8.32 Å². The molecule has 0 aromatic heterocycles. The van der Waals surface area contributed by atoms with E-state index in [9.17, 15) is 0 Å². The quantitative estimate of drug-likeness (QED) is 0.311. The van der Waals surface area contributed by atoms with Gasteiger partial charge in [0.05, 0.1) is 0 Å². The first-order valence-electron chi connectivity index (χ1n) is 13.5. The Hall–Kier alpha value is -0.863. The van der Waals surface area contributed by atoms with Crippen LogP contribution in [-0.2, 0) is 4.43 Å². The Kier molecular flexibility index (Phi) is 7.48. The third-order valence-corrected chi connectivity index (χ3v) is 14.9. The van der Waals surface area contributed by atoms with Crippen LogP contribution in [0.15, 0.2) is 48.6 Å². The lowest BCUT2D eigenvalue weighted by atomic mass is 9.56. The highest BCUT2D eigenvalue weighted by molar-refractivity contribution is 6.73. The fourth-order valence-corrected chi connectivity index (χ4v) is 10.8. The van der Waals surface area contributed by atoms with Crippen molar-refractivity contribution in [2.45, 2.75) is 84.4 Å². The molecule has 2 heteroatoms. The minimum atomic E-state index is -1.53. The van der Waals surface area contributed by atoms with Crippen LogP contribution in [-0.4, -0.2) is 14.9 Å². The van der Waals surface area contributed by atoms with Crippen LogP contribution in [0.2, 0.25) is 18.1 Å². The monoisotopic (exact) mass is 438 g/mol. The molecule has 0 aromatic rings. The zero-order valence-corrected chi connectivity index (χ0v) is 21.6. The topological polar surface area (TPSA) is 9.23 Å². The third kappa shape index (κ3) is 4.24. The van der Waals surface area contributed by atoms with Gasteiger partial charge in [0.1, 0.15) is 0 Å². The summed E-state index contributed by atoms with van der Waals surface area (Å²) in [4.78, 5) is 0. The van der Waals surface area contributed by atoms with Gasteiger partial charge in [-0.25, -0.2) is 0 Å². The first-order valence-corrected chi connectivity index (χ1v) is 16.0. The van der Waals surface area contributed by atoms with Gasteiger partial charge in [-0.3, -0.25) is 0 Å². The second-order valence-corrected chi connectivity index (χ2v) is 15.6. The predicted molar refractivity (Wildman–Crippen MR) is 136 cm³/mol. The van der Waals surface area contributed by atoms with Gasteiger partial charge in [-0.1, -0.05) is 76.3 Å². The Bertz CT molecular complexity index is 660. The number of hydrogen-bond donors (Lipinski definition) is 0. The Labute approximate surface area is 193 Å². The lowest BCUT2D eigenvalue weighted by Crippen LogP contribution is -2.44. The van der Waals surface area contributed by atoms with Crippen molar-refractivity contribution in [1.29, 1.82) is 0 Å². The predicted octanol–water partition coefficient (Wildman–Crippen LogP) is 8.33. The molecule has 0 spiro atoms. The van der Waals surface area contributed by atoms with Gasteiger partial charge >= 0.3 is 0 Å². The zero-order chi connectivity index (χ0) is 21.9. The maximum absolute atomic E-state index is 6.90. The van der Waals surface area contributed by atoms with Crippen LogP contribution in [0.3, 0.4) is 0 Å². The Morgan fingerprint density at radius 1 is 0.710 bits per heavy atom. The normalized spacial score (nSPS) is 35.9. The summed E-state index contributed by atoms with van der Waals surface area (Å²) in [5.41, 5.74) is 0.416. The van der Waals surface area contributed by atoms with Crippen LogP contribution < -0.4 is 0 Å². The molecule has 0 bridgehead atoms. The molecule has 0 radical (unpaired) electrons. The maximum atomic E-state index is 6.90. The van der Waals surface area contributed by atoms with Crippen molar-refractivity contribution in [3.05, 3.63) is 48.6 Å². The molecule has 4 aliphatic carbocycles. The van der Waals surface area contributed by atoms with Gasteiger partial charge < -0.3 is 4.43 Å². The molecule has 2 fully saturated rings. The summed E-state index contributed by atoms with van der Waals surface area (Å²) in [7, 11) is -1.53. The van der Waals surface area contributed by atoms with E-state index in [-0.39, 0.29) is 0 Å². The molecule has 6 atom stereocenters. The second kappa shape index (κ2) is 9.95. The van der Waals surface area contributed by atoms with Gasteiger partial charge in [-0.15, -0.1) is 0 Å². The number of fused-ring (bicyclic) bond motifs is 2. The summed E-state index contributed by atoms with van der Waals surface area (Å²) in [5.74, 6) is 4.68. The minimum absolute atomic E-state index is 0.416. The fourth-order valence-electron chi connectivity index (χ4n) is 8.11. The number of rotatable bonds is 10. The summed E-state index contributed by atoms with van der Waals surface area (Å²) in [5, 5.41) is 0. The molecule has 6 unspecified atom stereocenters. The Morgan fingerprint density at radius 3 is 1.65 bits per heavy atom. The molecule has 4 rings (SSSR count). The van der Waals surface area contributed by atoms with Crippen LogP contribution in [0.1, 0.15) is 66.2 Å². The summed E-state index contributed by atoms with van der Waals surface area (Å²) >= 11 is 0. The highest BCUT2D eigenvalue weighted by Gasteiger charge is 2.54. The van der Waals surface area contributed by atoms with Gasteiger partial charge in [0.25, 0.3) is 0 Å². The van der Waals surface area contributed by atoms with E-state index >= 15 is 0 Å². The molecule has 0 aliphatic heterocycles. The lowest BCUT2D eigenvalue weighted by molar-refractivity contribution is 0.00688. The molecule has 31 heavy (non-hydrogen) atoms. The molecule has 0 saturated heterocycles. The molecule has 1 nitrogen and oxygen atoms in total. The van der Waals surface area contributed by atoms with E-state index in [0.29, 0.717) is 5.41 Å². The summed E-state index contributed by atoms with van der Waals surface area (Å²) in [6.45, 7) is 10.6. The van der Waals surface area contributed by atoms with Crippen LogP contribution >= 0.6 is 0 Å². The van der Waals surface area contributed by atoms with E-state index in [1.165, 1.54) is 56.7 Å². The van der Waals surface area contributed by atoms with Crippen LogP contribution in [0.4, 0.5) is 0 Å². The fraction of sp³-hybridized carbons (Fsp3) is 0.724. The smallest absolute Gasteiger partial charge is 0.191 e. The van der Waals surface area contributed by atoms with Crippen molar-refractivity contribution < 1.29 is 4.43 Å². The summed E-state index contributed by atoms with van der Waals surface area (Å²) in [6, 6.07) is 3.80. The van der Waals surface area contributed by atoms with E-state index in [0.717, 1.165) is 42.1 Å². The molecule has 172 valence electrons. The standard InChI is InChI=1S/C29H46OSi/c1-5-29(21-22-30-31(6-2,7-3)8-4,27-19-17-23-13-9-11-15-25(23)27)28-20-18-24-14-10-12-16-26(24)28/h9-16,23-28H,5-8,17-22H2,1-4H3. The van der Waals surface area contributed by atoms with Crippen LogP contribution in [0.5, 0.6) is 0 Å². The van der Waals surface area contributed by atoms with Crippen molar-refractivity contribution in [2.24, 2.45) is 40.9 Å². The molecular formula is C29H46OSi. The third-order valence-electron chi connectivity index (χ3n) is 10.2. The van der Waals surface area contributed by atoms with Gasteiger partial charge in [0, 0.05) is 6.61 Å². The van der Waals surface area contributed by atoms with Gasteiger partial charge in [-0.05, 0) is 97.6 Å². The maximum Gasteiger partial charge on any atom is 0.191 e. The van der Waals surface area contributed by atoms with Crippen molar-refractivity contribution in [1.82, 2.24) is 0 Å². The summed E-state index contributed by atoms with van der Waals surface area (Å²) < 4.78 is 6.90. The number of allylic oxidation sites excluding steroid dienone is 8. The number of hydrogen-bond acceptors (Lipinski definition) is 1. The van der Waals surface area contributed by atoms with E-state index in [1.807, 2.05) is 0 Å². The molecule has 2 saturated carbocycles. The molecule has 0 N–H and O–H groups in total. The molecule has 0 amide bonds. The molecule has 0 heterocycles. The second-order valence-electron chi connectivity index (χ2n) is 10.8. The van der Waals surface area contributed by atoms with Crippen LogP contribution in [0, 0.1) is 40.9 Å². The Balaban J connectivity index is 1.62. The molecule has 4 aliphatic rings. The first kappa shape index (κ1) is 23.3. The minimum Gasteiger partial charge on any atom is -0.417 e. The SMILES string of the molecule is CCC(CCO[Si](CC)(CC)CC)(C1CCC2C=CC=CC21)C1CCC2C=CC=CC21. The van der Waals surface area contributed by atoms with Crippen LogP contribution in [0.25, 0.3) is 0 Å². The van der Waals surface area contributed by atoms with Gasteiger partial charge in [0.2, 0.25) is 0 Å². The van der Waals surface area contributed by atoms with Crippen molar-refractivity contribution in [2.75, 3.05) is 6.61 Å².